The van der Waals surface area contributed by atoms with E-state index in [1.54, 1.807) is 7.11 Å². The van der Waals surface area contributed by atoms with Gasteiger partial charge in [0, 0.05) is 43.8 Å². The van der Waals surface area contributed by atoms with Gasteiger partial charge in [-0.25, -0.2) is 0 Å². The summed E-state index contributed by atoms with van der Waals surface area (Å²) in [6.07, 6.45) is 5.81. The van der Waals surface area contributed by atoms with Crippen molar-refractivity contribution in [1.29, 1.82) is 0 Å². The molecule has 34 heavy (non-hydrogen) atoms. The van der Waals surface area contributed by atoms with Gasteiger partial charge in [0.25, 0.3) is 5.56 Å². The summed E-state index contributed by atoms with van der Waals surface area (Å²) in [6.45, 7) is 12.4. The smallest absolute Gasteiger partial charge is 0.260 e. The summed E-state index contributed by atoms with van der Waals surface area (Å²) in [5.41, 5.74) is 2.50. The molecule has 3 fully saturated rings. The van der Waals surface area contributed by atoms with Gasteiger partial charge >= 0.3 is 0 Å². The first-order chi connectivity index (χ1) is 16.3. The number of pyridine rings is 1. The molecule has 2 bridgehead atoms. The minimum atomic E-state index is 0.122. The molecule has 3 heterocycles. The van der Waals surface area contributed by atoms with Crippen LogP contribution in [-0.2, 0) is 11.3 Å². The molecule has 1 aliphatic heterocycles. The first-order valence-electron chi connectivity index (χ1n) is 12.9. The Morgan fingerprint density at radius 1 is 1.12 bits per heavy atom. The number of para-hydroxylation sites is 1. The molecule has 1 saturated heterocycles. The van der Waals surface area contributed by atoms with Crippen molar-refractivity contribution in [3.05, 3.63) is 40.8 Å². The topological polar surface area (TPSA) is 48.6 Å². The minimum Gasteiger partial charge on any atom is -0.495 e. The summed E-state index contributed by atoms with van der Waals surface area (Å²) in [7, 11) is 1.72. The highest BCUT2D eigenvalue weighted by Crippen LogP contribution is 2.67. The van der Waals surface area contributed by atoms with Gasteiger partial charge in [0.05, 0.1) is 36.7 Å². The summed E-state index contributed by atoms with van der Waals surface area (Å²) >= 11 is 0. The Balaban J connectivity index is 1.52. The maximum Gasteiger partial charge on any atom is 0.260 e. The largest absolute Gasteiger partial charge is 0.495 e. The molecular formula is C28H37N3O3. The molecule has 2 aliphatic carbocycles. The highest BCUT2D eigenvalue weighted by molar-refractivity contribution is 6.09. The molecule has 2 aromatic heterocycles. The first-order valence-corrected chi connectivity index (χ1v) is 12.9. The molecule has 6 heteroatoms. The molecular weight excluding hydrogens is 426 g/mol. The van der Waals surface area contributed by atoms with E-state index in [4.69, 9.17) is 9.47 Å². The van der Waals surface area contributed by atoms with Crippen LogP contribution < -0.4 is 10.3 Å². The fourth-order valence-corrected chi connectivity index (χ4v) is 7.78. The third-order valence-corrected chi connectivity index (χ3v) is 9.36. The van der Waals surface area contributed by atoms with Crippen molar-refractivity contribution in [2.45, 2.75) is 52.6 Å². The molecule has 3 aromatic rings. The maximum atomic E-state index is 14.2. The van der Waals surface area contributed by atoms with Crippen LogP contribution >= 0.6 is 0 Å². The number of morpholine rings is 1. The lowest BCUT2D eigenvalue weighted by molar-refractivity contribution is 0.0366. The number of rotatable bonds is 5. The zero-order chi connectivity index (χ0) is 23.7. The summed E-state index contributed by atoms with van der Waals surface area (Å²) in [5, 5.41) is 1.84. The molecule has 0 spiro atoms. The molecule has 0 radical (unpaired) electrons. The van der Waals surface area contributed by atoms with Gasteiger partial charge in [-0.2, -0.15) is 0 Å². The van der Waals surface area contributed by atoms with Crippen molar-refractivity contribution in [3.8, 4) is 5.75 Å². The summed E-state index contributed by atoms with van der Waals surface area (Å²) in [4.78, 5) is 16.7. The number of fused-ring (bicyclic) bond motifs is 5. The second-order valence-electron chi connectivity index (χ2n) is 11.6. The van der Waals surface area contributed by atoms with Gasteiger partial charge in [-0.1, -0.05) is 32.9 Å². The van der Waals surface area contributed by atoms with E-state index in [-0.39, 0.29) is 22.4 Å². The molecule has 1 unspecified atom stereocenters. The third kappa shape index (κ3) is 3.11. The van der Waals surface area contributed by atoms with Gasteiger partial charge in [-0.15, -0.1) is 0 Å². The van der Waals surface area contributed by atoms with E-state index >= 15 is 0 Å². The van der Waals surface area contributed by atoms with Crippen LogP contribution in [0.25, 0.3) is 21.8 Å². The lowest BCUT2D eigenvalue weighted by Gasteiger charge is -2.43. The molecule has 182 valence electrons. The first kappa shape index (κ1) is 22.2. The fraction of sp³-hybridized carbons (Fsp3) is 0.607. The van der Waals surface area contributed by atoms with Crippen molar-refractivity contribution >= 4 is 21.8 Å². The van der Waals surface area contributed by atoms with Crippen LogP contribution in [0.2, 0.25) is 0 Å². The lowest BCUT2D eigenvalue weighted by atomic mass is 9.68. The second kappa shape index (κ2) is 7.85. The van der Waals surface area contributed by atoms with Crippen LogP contribution in [0.1, 0.15) is 46.1 Å². The van der Waals surface area contributed by atoms with Crippen molar-refractivity contribution in [2.75, 3.05) is 40.0 Å². The van der Waals surface area contributed by atoms with Crippen LogP contribution in [0.4, 0.5) is 0 Å². The van der Waals surface area contributed by atoms with E-state index in [0.29, 0.717) is 5.92 Å². The Morgan fingerprint density at radius 2 is 1.91 bits per heavy atom. The van der Waals surface area contributed by atoms with Crippen molar-refractivity contribution in [1.82, 2.24) is 14.0 Å². The molecule has 6 rings (SSSR count). The molecule has 3 atom stereocenters. The fourth-order valence-electron chi connectivity index (χ4n) is 7.78. The Hall–Kier alpha value is -2.31. The van der Waals surface area contributed by atoms with Crippen LogP contribution in [-0.4, -0.2) is 54.0 Å². The van der Waals surface area contributed by atoms with Crippen LogP contribution in [0.5, 0.6) is 5.75 Å². The monoisotopic (exact) mass is 463 g/mol. The second-order valence-corrected chi connectivity index (χ2v) is 11.6. The Kier molecular flexibility index (Phi) is 5.12. The van der Waals surface area contributed by atoms with Crippen LogP contribution in [0, 0.1) is 16.7 Å². The van der Waals surface area contributed by atoms with Crippen LogP contribution in [0.3, 0.4) is 0 Å². The number of aromatic nitrogens is 2. The predicted molar refractivity (Wildman–Crippen MR) is 136 cm³/mol. The summed E-state index contributed by atoms with van der Waals surface area (Å²) < 4.78 is 15.7. The molecule has 2 saturated carbocycles. The SMILES string of the molecule is COc1cccc2c3c(=O)n([C@@H]4C(C)(C)C5CC[C@@]4(C)C5)ccc3n(CCN3CCOCC3)c12. The third-order valence-electron chi connectivity index (χ3n) is 9.36. The molecule has 0 amide bonds. The maximum absolute atomic E-state index is 14.2. The lowest BCUT2D eigenvalue weighted by Crippen LogP contribution is -2.41. The number of benzene rings is 1. The Morgan fingerprint density at radius 3 is 2.62 bits per heavy atom. The van der Waals surface area contributed by atoms with Crippen molar-refractivity contribution < 1.29 is 9.47 Å². The normalized spacial score (nSPS) is 28.8. The number of hydrogen-bond acceptors (Lipinski definition) is 4. The average molecular weight is 464 g/mol. The van der Waals surface area contributed by atoms with E-state index in [1.165, 1.54) is 19.3 Å². The quantitative estimate of drug-likeness (QED) is 0.551. The molecule has 0 N–H and O–H groups in total. The van der Waals surface area contributed by atoms with Gasteiger partial charge in [-0.3, -0.25) is 9.69 Å². The number of methoxy groups -OCH3 is 1. The number of hydrogen-bond donors (Lipinski definition) is 0. The minimum absolute atomic E-state index is 0.122. The van der Waals surface area contributed by atoms with Gasteiger partial charge in [0.15, 0.2) is 0 Å². The molecule has 6 nitrogen and oxygen atoms in total. The number of nitrogens with zero attached hydrogens (tertiary/aromatic N) is 3. The van der Waals surface area contributed by atoms with Gasteiger partial charge < -0.3 is 18.6 Å². The standard InChI is InChI=1S/C28H37N3O3/c1-27(2)19-8-10-28(3,18-19)26(27)31-11-9-21-23(25(31)32)20-6-5-7-22(33-4)24(20)30(21)13-12-29-14-16-34-17-15-29/h5-7,9,11,19,26H,8,10,12-18H2,1-4H3/t19?,26-,28+/m1/s1. The highest BCUT2D eigenvalue weighted by atomic mass is 16.5. The van der Waals surface area contributed by atoms with E-state index in [0.717, 1.165) is 66.9 Å². The van der Waals surface area contributed by atoms with Gasteiger partial charge in [0.2, 0.25) is 0 Å². The van der Waals surface area contributed by atoms with E-state index in [1.807, 2.05) is 12.1 Å². The van der Waals surface area contributed by atoms with Crippen molar-refractivity contribution in [2.24, 2.45) is 16.7 Å². The predicted octanol–water partition coefficient (Wildman–Crippen LogP) is 4.68. The Bertz CT molecular complexity index is 1290. The molecule has 3 aliphatic rings. The van der Waals surface area contributed by atoms with E-state index < -0.39 is 0 Å². The zero-order valence-corrected chi connectivity index (χ0v) is 21.0. The summed E-state index contributed by atoms with van der Waals surface area (Å²) in [5.74, 6) is 1.52. The summed E-state index contributed by atoms with van der Waals surface area (Å²) in [6, 6.07) is 8.51. The van der Waals surface area contributed by atoms with Crippen LogP contribution in [0.15, 0.2) is 35.3 Å². The average Bonchev–Trinajstić information content (AvgIpc) is 3.44. The van der Waals surface area contributed by atoms with E-state index in [9.17, 15) is 4.79 Å². The molecule has 1 aromatic carbocycles. The highest BCUT2D eigenvalue weighted by Gasteiger charge is 2.60. The van der Waals surface area contributed by atoms with Gasteiger partial charge in [-0.05, 0) is 48.1 Å². The zero-order valence-electron chi connectivity index (χ0n) is 21.0. The Labute approximate surface area is 201 Å². The number of ether oxygens (including phenoxy) is 2. The van der Waals surface area contributed by atoms with Gasteiger partial charge in [0.1, 0.15) is 5.75 Å². The van der Waals surface area contributed by atoms with E-state index in [2.05, 4.69) is 53.1 Å². The van der Waals surface area contributed by atoms with Crippen molar-refractivity contribution in [3.63, 3.8) is 0 Å².